The summed E-state index contributed by atoms with van der Waals surface area (Å²) in [6, 6.07) is 17.4. The van der Waals surface area contributed by atoms with Crippen molar-refractivity contribution in [3.05, 3.63) is 60.2 Å². The lowest BCUT2D eigenvalue weighted by Gasteiger charge is -2.32. The zero-order valence-electron chi connectivity index (χ0n) is 12.9. The van der Waals surface area contributed by atoms with Gasteiger partial charge in [0.25, 0.3) is 0 Å². The molecule has 2 nitrogen and oxygen atoms in total. The second-order valence-corrected chi connectivity index (χ2v) is 5.62. The van der Waals surface area contributed by atoms with Crippen molar-refractivity contribution >= 4 is 0 Å². The molecule has 1 atom stereocenters. The molecule has 0 radical (unpaired) electrons. The minimum absolute atomic E-state index is 0.190. The molecule has 0 amide bonds. The SMILES string of the molecule is CCCCCC(C)(Oc1ccccc1O)c1ccccc1. The Hall–Kier alpha value is -1.96. The zero-order chi connectivity index (χ0) is 15.1. The van der Waals surface area contributed by atoms with Crippen molar-refractivity contribution in [2.75, 3.05) is 0 Å². The number of hydrogen-bond donors (Lipinski definition) is 1. The fraction of sp³-hybridized carbons (Fsp3) is 0.368. The number of rotatable bonds is 7. The third kappa shape index (κ3) is 4.01. The Morgan fingerprint density at radius 2 is 1.62 bits per heavy atom. The molecule has 0 aromatic heterocycles. The van der Waals surface area contributed by atoms with Gasteiger partial charge in [-0.1, -0.05) is 62.2 Å². The first kappa shape index (κ1) is 15.4. The first-order chi connectivity index (χ1) is 10.2. The average Bonchev–Trinajstić information content (AvgIpc) is 2.51. The van der Waals surface area contributed by atoms with E-state index in [1.807, 2.05) is 30.3 Å². The van der Waals surface area contributed by atoms with Crippen LogP contribution in [-0.4, -0.2) is 5.11 Å². The molecule has 1 unspecified atom stereocenters. The number of phenols is 1. The quantitative estimate of drug-likeness (QED) is 0.702. The highest BCUT2D eigenvalue weighted by Gasteiger charge is 2.29. The highest BCUT2D eigenvalue weighted by atomic mass is 16.5. The number of para-hydroxylation sites is 2. The Bertz CT molecular complexity index is 551. The third-order valence-electron chi connectivity index (χ3n) is 3.84. The summed E-state index contributed by atoms with van der Waals surface area (Å²) in [6.07, 6.45) is 4.41. The zero-order valence-corrected chi connectivity index (χ0v) is 12.9. The molecule has 21 heavy (non-hydrogen) atoms. The van der Waals surface area contributed by atoms with E-state index in [-0.39, 0.29) is 5.75 Å². The monoisotopic (exact) mass is 284 g/mol. The molecule has 0 bridgehead atoms. The summed E-state index contributed by atoms with van der Waals surface area (Å²) in [5.41, 5.74) is 0.722. The van der Waals surface area contributed by atoms with E-state index >= 15 is 0 Å². The van der Waals surface area contributed by atoms with E-state index in [0.29, 0.717) is 5.75 Å². The standard InChI is InChI=1S/C19H24O2/c1-3-4-10-15-19(2,16-11-6-5-7-12-16)21-18-14-9-8-13-17(18)20/h5-9,11-14,20H,3-4,10,15H2,1-2H3. The molecular weight excluding hydrogens is 260 g/mol. The van der Waals surface area contributed by atoms with Crippen molar-refractivity contribution in [2.45, 2.75) is 45.1 Å². The summed E-state index contributed by atoms with van der Waals surface area (Å²) >= 11 is 0. The summed E-state index contributed by atoms with van der Waals surface area (Å²) < 4.78 is 6.22. The molecule has 1 N–H and O–H groups in total. The smallest absolute Gasteiger partial charge is 0.162 e. The number of phenolic OH excluding ortho intramolecular Hbond substituents is 1. The second kappa shape index (κ2) is 7.16. The molecule has 0 saturated heterocycles. The Kier molecular flexibility index (Phi) is 5.26. The minimum Gasteiger partial charge on any atom is -0.504 e. The van der Waals surface area contributed by atoms with Crippen LogP contribution in [0.2, 0.25) is 0 Å². The predicted molar refractivity (Wildman–Crippen MR) is 86.7 cm³/mol. The minimum atomic E-state index is -0.421. The lowest BCUT2D eigenvalue weighted by Crippen LogP contribution is -2.29. The number of unbranched alkanes of at least 4 members (excludes halogenated alkanes) is 2. The molecule has 0 aliphatic carbocycles. The fourth-order valence-electron chi connectivity index (χ4n) is 2.54. The van der Waals surface area contributed by atoms with Gasteiger partial charge in [0.05, 0.1) is 0 Å². The fourth-order valence-corrected chi connectivity index (χ4v) is 2.54. The van der Waals surface area contributed by atoms with Crippen molar-refractivity contribution in [1.29, 1.82) is 0 Å². The normalized spacial score (nSPS) is 13.6. The largest absolute Gasteiger partial charge is 0.504 e. The number of ether oxygens (including phenoxy) is 1. The summed E-state index contributed by atoms with van der Waals surface area (Å²) in [7, 11) is 0. The predicted octanol–water partition coefficient (Wildman–Crippen LogP) is 5.27. The summed E-state index contributed by atoms with van der Waals surface area (Å²) in [6.45, 7) is 4.30. The highest BCUT2D eigenvalue weighted by molar-refractivity contribution is 5.39. The average molecular weight is 284 g/mol. The van der Waals surface area contributed by atoms with E-state index in [0.717, 1.165) is 18.4 Å². The second-order valence-electron chi connectivity index (χ2n) is 5.62. The van der Waals surface area contributed by atoms with Gasteiger partial charge in [0.15, 0.2) is 11.5 Å². The maximum absolute atomic E-state index is 9.97. The van der Waals surface area contributed by atoms with E-state index < -0.39 is 5.60 Å². The lowest BCUT2D eigenvalue weighted by atomic mass is 9.89. The van der Waals surface area contributed by atoms with Crippen LogP contribution in [0.25, 0.3) is 0 Å². The highest BCUT2D eigenvalue weighted by Crippen LogP contribution is 2.36. The van der Waals surface area contributed by atoms with Crippen molar-refractivity contribution in [3.8, 4) is 11.5 Å². The maximum Gasteiger partial charge on any atom is 0.162 e. The number of hydrogen-bond acceptors (Lipinski definition) is 2. The van der Waals surface area contributed by atoms with Gasteiger partial charge in [-0.2, -0.15) is 0 Å². The van der Waals surface area contributed by atoms with Gasteiger partial charge in [0.1, 0.15) is 5.60 Å². The third-order valence-corrected chi connectivity index (χ3v) is 3.84. The Balaban J connectivity index is 2.25. The first-order valence-corrected chi connectivity index (χ1v) is 7.68. The molecular formula is C19H24O2. The lowest BCUT2D eigenvalue weighted by molar-refractivity contribution is 0.0704. The van der Waals surface area contributed by atoms with E-state index in [2.05, 4.69) is 26.0 Å². The van der Waals surface area contributed by atoms with Crippen LogP contribution in [0.3, 0.4) is 0 Å². The van der Waals surface area contributed by atoms with Crippen LogP contribution < -0.4 is 4.74 Å². The van der Waals surface area contributed by atoms with Gasteiger partial charge in [-0.05, 0) is 37.5 Å². The van der Waals surface area contributed by atoms with Gasteiger partial charge in [0.2, 0.25) is 0 Å². The van der Waals surface area contributed by atoms with Crippen molar-refractivity contribution in [2.24, 2.45) is 0 Å². The molecule has 0 aliphatic rings. The summed E-state index contributed by atoms with van der Waals surface area (Å²) in [5.74, 6) is 0.732. The summed E-state index contributed by atoms with van der Waals surface area (Å²) in [4.78, 5) is 0. The Labute approximate surface area is 127 Å². The van der Waals surface area contributed by atoms with Gasteiger partial charge < -0.3 is 9.84 Å². The van der Waals surface area contributed by atoms with Crippen LogP contribution >= 0.6 is 0 Å². The molecule has 112 valence electrons. The molecule has 0 fully saturated rings. The molecule has 0 spiro atoms. The molecule has 2 heteroatoms. The van der Waals surface area contributed by atoms with Crippen molar-refractivity contribution < 1.29 is 9.84 Å². The molecule has 2 aromatic carbocycles. The van der Waals surface area contributed by atoms with Gasteiger partial charge in [-0.25, -0.2) is 0 Å². The van der Waals surface area contributed by atoms with Crippen molar-refractivity contribution in [1.82, 2.24) is 0 Å². The van der Waals surface area contributed by atoms with Gasteiger partial charge in [0, 0.05) is 0 Å². The van der Waals surface area contributed by atoms with Gasteiger partial charge in [-0.15, -0.1) is 0 Å². The van der Waals surface area contributed by atoms with Crippen molar-refractivity contribution in [3.63, 3.8) is 0 Å². The van der Waals surface area contributed by atoms with E-state index in [9.17, 15) is 5.11 Å². The molecule has 0 aliphatic heterocycles. The Morgan fingerprint density at radius 3 is 2.29 bits per heavy atom. The van der Waals surface area contributed by atoms with Gasteiger partial charge >= 0.3 is 0 Å². The van der Waals surface area contributed by atoms with Gasteiger partial charge in [-0.3, -0.25) is 0 Å². The topological polar surface area (TPSA) is 29.5 Å². The Morgan fingerprint density at radius 1 is 0.952 bits per heavy atom. The summed E-state index contributed by atoms with van der Waals surface area (Å²) in [5, 5.41) is 9.97. The molecule has 0 saturated carbocycles. The molecule has 2 rings (SSSR count). The van der Waals surface area contributed by atoms with Crippen LogP contribution in [0, 0.1) is 0 Å². The van der Waals surface area contributed by atoms with Crippen LogP contribution in [-0.2, 0) is 5.60 Å². The molecule has 2 aromatic rings. The van der Waals surface area contributed by atoms with Crippen LogP contribution in [0.4, 0.5) is 0 Å². The van der Waals surface area contributed by atoms with Crippen LogP contribution in [0.1, 0.15) is 45.1 Å². The van der Waals surface area contributed by atoms with Crippen LogP contribution in [0.5, 0.6) is 11.5 Å². The van der Waals surface area contributed by atoms with Crippen LogP contribution in [0.15, 0.2) is 54.6 Å². The first-order valence-electron chi connectivity index (χ1n) is 7.68. The van der Waals surface area contributed by atoms with E-state index in [1.165, 1.54) is 12.8 Å². The van der Waals surface area contributed by atoms with E-state index in [4.69, 9.17) is 4.74 Å². The maximum atomic E-state index is 9.97. The molecule has 0 heterocycles. The van der Waals surface area contributed by atoms with E-state index in [1.54, 1.807) is 12.1 Å². The number of benzene rings is 2. The number of aromatic hydroxyl groups is 1.